The normalized spacial score (nSPS) is 10.9. The minimum Gasteiger partial charge on any atom is -0.497 e. The monoisotopic (exact) mass is 439 g/mol. The third-order valence-corrected chi connectivity index (χ3v) is 6.30. The second kappa shape index (κ2) is 9.23. The number of ether oxygens (including phenoxy) is 2. The zero-order chi connectivity index (χ0) is 20.9. The van der Waals surface area contributed by atoms with Crippen molar-refractivity contribution in [2.24, 2.45) is 0 Å². The molecule has 0 spiro atoms. The predicted molar refractivity (Wildman–Crippen MR) is 122 cm³/mol. The SMILES string of the molecule is COc1ccc(N(Cc2cccs2)C(=O)CSc2nc3ccc(OC)cc3[nH]2)cc1. The Balaban J connectivity index is 1.50. The number of rotatable bonds is 8. The molecule has 6 nitrogen and oxygen atoms in total. The van der Waals surface area contributed by atoms with E-state index in [1.807, 2.05) is 60.0 Å². The molecule has 0 atom stereocenters. The van der Waals surface area contributed by atoms with Crippen LogP contribution in [0.15, 0.2) is 65.1 Å². The van der Waals surface area contributed by atoms with Crippen LogP contribution in [0.1, 0.15) is 4.88 Å². The van der Waals surface area contributed by atoms with Gasteiger partial charge in [-0.2, -0.15) is 0 Å². The topological polar surface area (TPSA) is 67.4 Å². The van der Waals surface area contributed by atoms with Gasteiger partial charge in [0.2, 0.25) is 5.91 Å². The van der Waals surface area contributed by atoms with Crippen LogP contribution in [-0.2, 0) is 11.3 Å². The first-order valence-corrected chi connectivity index (χ1v) is 11.2. The molecule has 4 rings (SSSR count). The molecule has 0 aliphatic heterocycles. The minimum atomic E-state index is 0.0107. The van der Waals surface area contributed by atoms with Gasteiger partial charge >= 0.3 is 0 Å². The molecule has 0 radical (unpaired) electrons. The van der Waals surface area contributed by atoms with E-state index in [1.54, 1.807) is 30.5 Å². The number of imidazole rings is 1. The van der Waals surface area contributed by atoms with Gasteiger partial charge in [0.15, 0.2) is 5.16 Å². The van der Waals surface area contributed by atoms with Gasteiger partial charge in [0, 0.05) is 16.6 Å². The highest BCUT2D eigenvalue weighted by atomic mass is 32.2. The van der Waals surface area contributed by atoms with E-state index >= 15 is 0 Å². The van der Waals surface area contributed by atoms with Gasteiger partial charge in [-0.05, 0) is 47.8 Å². The summed E-state index contributed by atoms with van der Waals surface area (Å²) in [7, 11) is 3.26. The molecular formula is C22H21N3O3S2. The Labute approximate surface area is 182 Å². The molecule has 0 saturated carbocycles. The van der Waals surface area contributed by atoms with E-state index in [-0.39, 0.29) is 11.7 Å². The quantitative estimate of drug-likeness (QED) is 0.393. The third-order valence-electron chi connectivity index (χ3n) is 4.58. The number of benzene rings is 2. The van der Waals surface area contributed by atoms with Gasteiger partial charge in [-0.3, -0.25) is 4.79 Å². The lowest BCUT2D eigenvalue weighted by Crippen LogP contribution is -2.31. The summed E-state index contributed by atoms with van der Waals surface area (Å²) in [6, 6.07) is 17.2. The molecule has 4 aromatic rings. The lowest BCUT2D eigenvalue weighted by atomic mass is 10.2. The number of thioether (sulfide) groups is 1. The minimum absolute atomic E-state index is 0.0107. The maximum atomic E-state index is 13.1. The summed E-state index contributed by atoms with van der Waals surface area (Å²) in [5.41, 5.74) is 2.57. The highest BCUT2D eigenvalue weighted by Gasteiger charge is 2.18. The average Bonchev–Trinajstić information content (AvgIpc) is 3.44. The fraction of sp³-hybridized carbons (Fsp3) is 0.182. The smallest absolute Gasteiger partial charge is 0.237 e. The lowest BCUT2D eigenvalue weighted by molar-refractivity contribution is -0.116. The molecule has 2 heterocycles. The largest absolute Gasteiger partial charge is 0.497 e. The van der Waals surface area contributed by atoms with E-state index in [2.05, 4.69) is 9.97 Å². The van der Waals surface area contributed by atoms with Crippen molar-refractivity contribution >= 4 is 45.7 Å². The molecule has 2 aromatic heterocycles. The molecule has 1 N–H and O–H groups in total. The standard InChI is InChI=1S/C22H21N3O3S2/c1-27-16-7-5-15(6-8-16)25(13-18-4-3-11-29-18)21(26)14-30-22-23-19-10-9-17(28-2)12-20(19)24-22/h3-12H,13-14H2,1-2H3,(H,23,24). The molecule has 2 aromatic carbocycles. The van der Waals surface area contributed by atoms with Crippen molar-refractivity contribution in [3.05, 3.63) is 64.9 Å². The summed E-state index contributed by atoms with van der Waals surface area (Å²) < 4.78 is 10.5. The van der Waals surface area contributed by atoms with E-state index < -0.39 is 0 Å². The first-order valence-electron chi connectivity index (χ1n) is 9.29. The average molecular weight is 440 g/mol. The van der Waals surface area contributed by atoms with Gasteiger partial charge < -0.3 is 19.4 Å². The molecule has 1 amide bonds. The number of aromatic nitrogens is 2. The van der Waals surface area contributed by atoms with Crippen LogP contribution in [0.3, 0.4) is 0 Å². The Morgan fingerprint density at radius 2 is 1.87 bits per heavy atom. The van der Waals surface area contributed by atoms with E-state index in [4.69, 9.17) is 9.47 Å². The molecule has 30 heavy (non-hydrogen) atoms. The van der Waals surface area contributed by atoms with Crippen LogP contribution < -0.4 is 14.4 Å². The number of nitrogens with one attached hydrogen (secondary N) is 1. The number of nitrogens with zero attached hydrogens (tertiary/aromatic N) is 2. The molecular weight excluding hydrogens is 418 g/mol. The summed E-state index contributed by atoms with van der Waals surface area (Å²) in [4.78, 5) is 23.9. The van der Waals surface area contributed by atoms with Gasteiger partial charge in [-0.1, -0.05) is 17.8 Å². The fourth-order valence-electron chi connectivity index (χ4n) is 3.01. The van der Waals surface area contributed by atoms with Crippen LogP contribution in [0.4, 0.5) is 5.69 Å². The van der Waals surface area contributed by atoms with Crippen molar-refractivity contribution in [2.45, 2.75) is 11.7 Å². The number of anilines is 1. The third kappa shape index (κ3) is 4.60. The molecule has 0 aliphatic rings. The van der Waals surface area contributed by atoms with E-state index in [1.165, 1.54) is 11.8 Å². The van der Waals surface area contributed by atoms with Crippen molar-refractivity contribution in [3.8, 4) is 11.5 Å². The van der Waals surface area contributed by atoms with Crippen LogP contribution in [0, 0.1) is 0 Å². The molecule has 0 fully saturated rings. The summed E-state index contributed by atoms with van der Waals surface area (Å²) in [6.07, 6.45) is 0. The number of methoxy groups -OCH3 is 2. The van der Waals surface area contributed by atoms with Crippen molar-refractivity contribution < 1.29 is 14.3 Å². The fourth-order valence-corrected chi connectivity index (χ4v) is 4.47. The number of H-pyrrole nitrogens is 1. The maximum absolute atomic E-state index is 13.1. The van der Waals surface area contributed by atoms with Gasteiger partial charge in [-0.15, -0.1) is 11.3 Å². The van der Waals surface area contributed by atoms with Crippen LogP contribution in [0.25, 0.3) is 11.0 Å². The van der Waals surface area contributed by atoms with E-state index in [0.717, 1.165) is 33.1 Å². The summed E-state index contributed by atoms with van der Waals surface area (Å²) in [5, 5.41) is 2.72. The maximum Gasteiger partial charge on any atom is 0.237 e. The number of amides is 1. The number of thiophene rings is 1. The highest BCUT2D eigenvalue weighted by Crippen LogP contribution is 2.26. The summed E-state index contributed by atoms with van der Waals surface area (Å²) >= 11 is 3.03. The van der Waals surface area contributed by atoms with Crippen molar-refractivity contribution in [1.29, 1.82) is 0 Å². The number of hydrogen-bond donors (Lipinski definition) is 1. The first-order chi connectivity index (χ1) is 14.7. The van der Waals surface area contributed by atoms with Gasteiger partial charge in [-0.25, -0.2) is 4.98 Å². The van der Waals surface area contributed by atoms with E-state index in [0.29, 0.717) is 11.7 Å². The van der Waals surface area contributed by atoms with Crippen molar-refractivity contribution in [1.82, 2.24) is 9.97 Å². The second-order valence-electron chi connectivity index (χ2n) is 6.47. The van der Waals surface area contributed by atoms with Crippen molar-refractivity contribution in [2.75, 3.05) is 24.9 Å². The van der Waals surface area contributed by atoms with Crippen molar-refractivity contribution in [3.63, 3.8) is 0 Å². The number of aromatic amines is 1. The number of fused-ring (bicyclic) bond motifs is 1. The number of carbonyl (C=O) groups is 1. The Hall–Kier alpha value is -2.97. The van der Waals surface area contributed by atoms with Crippen LogP contribution in [-0.4, -0.2) is 35.8 Å². The Kier molecular flexibility index (Phi) is 6.25. The molecule has 0 aliphatic carbocycles. The molecule has 0 unspecified atom stereocenters. The summed E-state index contributed by atoms with van der Waals surface area (Å²) in [5.74, 6) is 1.81. The molecule has 154 valence electrons. The Morgan fingerprint density at radius 1 is 1.10 bits per heavy atom. The van der Waals surface area contributed by atoms with Crippen LogP contribution >= 0.6 is 23.1 Å². The Bertz CT molecular complexity index is 1120. The summed E-state index contributed by atoms with van der Waals surface area (Å²) in [6.45, 7) is 0.528. The Morgan fingerprint density at radius 3 is 2.57 bits per heavy atom. The van der Waals surface area contributed by atoms with E-state index in [9.17, 15) is 4.79 Å². The number of carbonyl (C=O) groups excluding carboxylic acids is 1. The molecule has 0 bridgehead atoms. The van der Waals surface area contributed by atoms with Crippen LogP contribution in [0.2, 0.25) is 0 Å². The lowest BCUT2D eigenvalue weighted by Gasteiger charge is -2.22. The highest BCUT2D eigenvalue weighted by molar-refractivity contribution is 7.99. The molecule has 8 heteroatoms. The van der Waals surface area contributed by atoms with Crippen LogP contribution in [0.5, 0.6) is 11.5 Å². The second-order valence-corrected chi connectivity index (χ2v) is 8.47. The predicted octanol–water partition coefficient (Wildman–Crippen LogP) is 4.97. The first kappa shape index (κ1) is 20.3. The van der Waals surface area contributed by atoms with Gasteiger partial charge in [0.05, 0.1) is 37.6 Å². The molecule has 0 saturated heterocycles. The zero-order valence-electron chi connectivity index (χ0n) is 16.6. The number of hydrogen-bond acceptors (Lipinski definition) is 6. The van der Waals surface area contributed by atoms with Gasteiger partial charge in [0.1, 0.15) is 11.5 Å². The zero-order valence-corrected chi connectivity index (χ0v) is 18.3. The van der Waals surface area contributed by atoms with Gasteiger partial charge in [0.25, 0.3) is 0 Å².